The van der Waals surface area contributed by atoms with Crippen molar-refractivity contribution >= 4 is 23.5 Å². The van der Waals surface area contributed by atoms with Crippen molar-refractivity contribution in [2.24, 2.45) is 0 Å². The molecule has 0 aromatic heterocycles. The molecule has 3 rings (SSSR count). The third-order valence-corrected chi connectivity index (χ3v) is 5.36. The second kappa shape index (κ2) is 11.3. The summed E-state index contributed by atoms with van der Waals surface area (Å²) < 4.78 is 24.4. The molecule has 0 aliphatic carbocycles. The Labute approximate surface area is 186 Å². The lowest BCUT2D eigenvalue weighted by Gasteiger charge is -2.35. The molecular weight excluding hydrogens is 415 g/mol. The molecule has 8 heteroatoms. The van der Waals surface area contributed by atoms with Crippen LogP contribution in [0.5, 0.6) is 5.75 Å². The third-order valence-electron chi connectivity index (χ3n) is 5.36. The number of carbonyl (C=O) groups is 3. The molecular formula is C24H27FN2O5. The van der Waals surface area contributed by atoms with Crippen LogP contribution in [0.1, 0.15) is 43.0 Å². The van der Waals surface area contributed by atoms with Crippen molar-refractivity contribution in [3.05, 3.63) is 59.9 Å². The van der Waals surface area contributed by atoms with Gasteiger partial charge in [0, 0.05) is 12.6 Å². The van der Waals surface area contributed by atoms with Crippen LogP contribution in [0.25, 0.3) is 0 Å². The maximum absolute atomic E-state index is 13.7. The highest BCUT2D eigenvalue weighted by atomic mass is 19.1. The number of hydrogen-bond acceptors (Lipinski definition) is 5. The van der Waals surface area contributed by atoms with Gasteiger partial charge in [0.2, 0.25) is 0 Å². The predicted octanol–water partition coefficient (Wildman–Crippen LogP) is 3.79. The summed E-state index contributed by atoms with van der Waals surface area (Å²) in [5, 5.41) is 2.41. The zero-order chi connectivity index (χ0) is 22.9. The quantitative estimate of drug-likeness (QED) is 0.629. The van der Waals surface area contributed by atoms with E-state index in [0.717, 1.165) is 25.7 Å². The lowest BCUT2D eigenvalue weighted by molar-refractivity contribution is -0.138. The van der Waals surface area contributed by atoms with Crippen molar-refractivity contribution in [2.45, 2.75) is 38.6 Å². The molecule has 0 radical (unpaired) electrons. The Bertz CT molecular complexity index is 965. The average molecular weight is 442 g/mol. The van der Waals surface area contributed by atoms with E-state index in [9.17, 15) is 18.8 Å². The minimum Gasteiger partial charge on any atom is -0.483 e. The number of ether oxygens (including phenoxy) is 2. The highest BCUT2D eigenvalue weighted by Gasteiger charge is 2.26. The van der Waals surface area contributed by atoms with E-state index in [2.05, 4.69) is 5.32 Å². The van der Waals surface area contributed by atoms with Gasteiger partial charge >= 0.3 is 5.97 Å². The second-order valence-electron chi connectivity index (χ2n) is 7.53. The van der Waals surface area contributed by atoms with Gasteiger partial charge < -0.3 is 19.7 Å². The zero-order valence-electron chi connectivity index (χ0n) is 18.0. The summed E-state index contributed by atoms with van der Waals surface area (Å²) >= 11 is 0. The summed E-state index contributed by atoms with van der Waals surface area (Å²) in [7, 11) is 0. The highest BCUT2D eigenvalue weighted by Crippen LogP contribution is 2.21. The number of halogens is 1. The van der Waals surface area contributed by atoms with Crippen LogP contribution in [-0.4, -0.2) is 48.5 Å². The van der Waals surface area contributed by atoms with E-state index < -0.39 is 24.3 Å². The van der Waals surface area contributed by atoms with Crippen molar-refractivity contribution in [3.8, 4) is 5.75 Å². The number of piperidine rings is 1. The van der Waals surface area contributed by atoms with Crippen LogP contribution in [0.2, 0.25) is 0 Å². The Morgan fingerprint density at radius 2 is 1.81 bits per heavy atom. The highest BCUT2D eigenvalue weighted by molar-refractivity contribution is 5.95. The van der Waals surface area contributed by atoms with Crippen LogP contribution in [0.4, 0.5) is 10.1 Å². The molecule has 1 unspecified atom stereocenters. The Kier molecular flexibility index (Phi) is 8.19. The Hall–Kier alpha value is -3.42. The first-order chi connectivity index (χ1) is 15.5. The van der Waals surface area contributed by atoms with Gasteiger partial charge in [-0.3, -0.25) is 9.59 Å². The largest absolute Gasteiger partial charge is 0.483 e. The molecule has 2 aromatic carbocycles. The number of carbonyl (C=O) groups excluding carboxylic acids is 3. The lowest BCUT2D eigenvalue weighted by Crippen LogP contribution is -2.45. The molecule has 1 N–H and O–H groups in total. The van der Waals surface area contributed by atoms with E-state index in [-0.39, 0.29) is 35.6 Å². The lowest BCUT2D eigenvalue weighted by atomic mass is 10.00. The van der Waals surface area contributed by atoms with Gasteiger partial charge in [0.1, 0.15) is 17.1 Å². The average Bonchev–Trinajstić information content (AvgIpc) is 2.82. The van der Waals surface area contributed by atoms with Crippen LogP contribution < -0.4 is 10.1 Å². The van der Waals surface area contributed by atoms with Crippen LogP contribution >= 0.6 is 0 Å². The molecule has 1 atom stereocenters. The van der Waals surface area contributed by atoms with Gasteiger partial charge in [0.05, 0.1) is 5.69 Å². The number of hydrogen-bond donors (Lipinski definition) is 1. The molecule has 0 saturated carbocycles. The Balaban J connectivity index is 1.55. The fourth-order valence-corrected chi connectivity index (χ4v) is 3.69. The molecule has 2 amide bonds. The number of para-hydroxylation sites is 2. The maximum Gasteiger partial charge on any atom is 0.342 e. The summed E-state index contributed by atoms with van der Waals surface area (Å²) in [4.78, 5) is 39.0. The number of benzene rings is 2. The Morgan fingerprint density at radius 3 is 2.59 bits per heavy atom. The second-order valence-corrected chi connectivity index (χ2v) is 7.53. The maximum atomic E-state index is 13.7. The molecule has 170 valence electrons. The van der Waals surface area contributed by atoms with Gasteiger partial charge in [-0.25, -0.2) is 9.18 Å². The predicted molar refractivity (Wildman–Crippen MR) is 117 cm³/mol. The normalized spacial score (nSPS) is 15.7. The van der Waals surface area contributed by atoms with Crippen LogP contribution in [0.15, 0.2) is 48.5 Å². The number of nitrogens with one attached hydrogen (secondary N) is 1. The molecule has 2 aromatic rings. The SMILES string of the molecule is CCC1CCCCN1C(=O)COC(=O)c1ccccc1OCC(=O)Nc1ccccc1F. The third kappa shape index (κ3) is 6.06. The number of rotatable bonds is 8. The first kappa shape index (κ1) is 23.2. The molecule has 1 saturated heterocycles. The smallest absolute Gasteiger partial charge is 0.342 e. The first-order valence-corrected chi connectivity index (χ1v) is 10.7. The Morgan fingerprint density at radius 1 is 1.06 bits per heavy atom. The van der Waals surface area contributed by atoms with E-state index in [1.807, 2.05) is 6.92 Å². The van der Waals surface area contributed by atoms with Crippen LogP contribution in [-0.2, 0) is 14.3 Å². The number of likely N-dealkylation sites (tertiary alicyclic amines) is 1. The topological polar surface area (TPSA) is 84.9 Å². The molecule has 32 heavy (non-hydrogen) atoms. The van der Waals surface area contributed by atoms with Gasteiger partial charge in [0.25, 0.3) is 11.8 Å². The number of esters is 1. The van der Waals surface area contributed by atoms with Crippen molar-refractivity contribution < 1.29 is 28.2 Å². The van der Waals surface area contributed by atoms with E-state index in [4.69, 9.17) is 9.47 Å². The molecule has 1 fully saturated rings. The minimum absolute atomic E-state index is 0.0374. The summed E-state index contributed by atoms with van der Waals surface area (Å²) in [5.41, 5.74) is 0.139. The monoisotopic (exact) mass is 442 g/mol. The van der Waals surface area contributed by atoms with Crippen LogP contribution in [0, 0.1) is 5.82 Å². The molecule has 1 heterocycles. The van der Waals surface area contributed by atoms with Gasteiger partial charge in [-0.05, 0) is 49.9 Å². The van der Waals surface area contributed by atoms with E-state index >= 15 is 0 Å². The molecule has 1 aliphatic rings. The first-order valence-electron chi connectivity index (χ1n) is 10.7. The van der Waals surface area contributed by atoms with Crippen molar-refractivity contribution in [1.29, 1.82) is 0 Å². The van der Waals surface area contributed by atoms with E-state index in [1.54, 1.807) is 23.1 Å². The number of nitrogens with zero attached hydrogens (tertiary/aromatic N) is 1. The van der Waals surface area contributed by atoms with Crippen molar-refractivity contribution in [3.63, 3.8) is 0 Å². The minimum atomic E-state index is -0.714. The molecule has 0 spiro atoms. The van der Waals surface area contributed by atoms with E-state index in [0.29, 0.717) is 6.54 Å². The van der Waals surface area contributed by atoms with Gasteiger partial charge in [0.15, 0.2) is 13.2 Å². The number of amides is 2. The number of anilines is 1. The summed E-state index contributed by atoms with van der Waals surface area (Å²) in [5.74, 6) is -1.93. The van der Waals surface area contributed by atoms with Crippen molar-refractivity contribution in [2.75, 3.05) is 25.1 Å². The van der Waals surface area contributed by atoms with Gasteiger partial charge in [-0.1, -0.05) is 31.2 Å². The molecule has 0 bridgehead atoms. The standard InChI is InChI=1S/C24H27FN2O5/c1-2-17-9-7-8-14-27(17)23(29)16-32-24(30)18-10-3-6-13-21(18)31-15-22(28)26-20-12-5-4-11-19(20)25/h3-6,10-13,17H,2,7-9,14-16H2,1H3,(H,26,28). The zero-order valence-corrected chi connectivity index (χ0v) is 18.0. The summed E-state index contributed by atoms with van der Waals surface area (Å²) in [6.45, 7) is 1.94. The summed E-state index contributed by atoms with van der Waals surface area (Å²) in [6.07, 6.45) is 3.87. The summed E-state index contributed by atoms with van der Waals surface area (Å²) in [6, 6.07) is 12.2. The van der Waals surface area contributed by atoms with E-state index in [1.165, 1.54) is 30.3 Å². The van der Waals surface area contributed by atoms with Gasteiger partial charge in [-0.15, -0.1) is 0 Å². The molecule has 7 nitrogen and oxygen atoms in total. The fourth-order valence-electron chi connectivity index (χ4n) is 3.69. The van der Waals surface area contributed by atoms with Gasteiger partial charge in [-0.2, -0.15) is 0 Å². The molecule has 1 aliphatic heterocycles. The van der Waals surface area contributed by atoms with Crippen LogP contribution in [0.3, 0.4) is 0 Å². The fraction of sp³-hybridized carbons (Fsp3) is 0.375. The van der Waals surface area contributed by atoms with Crippen molar-refractivity contribution in [1.82, 2.24) is 4.90 Å².